The van der Waals surface area contributed by atoms with Gasteiger partial charge in [0.2, 0.25) is 5.91 Å². The molecule has 2 amide bonds. The number of nitrogens with zero attached hydrogens (tertiary/aromatic N) is 1. The van der Waals surface area contributed by atoms with Crippen LogP contribution in [0.25, 0.3) is 0 Å². The number of hydrogen-bond acceptors (Lipinski definition) is 4. The first-order chi connectivity index (χ1) is 16.4. The molecule has 1 heterocycles. The van der Waals surface area contributed by atoms with Crippen LogP contribution < -0.4 is 14.8 Å². The van der Waals surface area contributed by atoms with Gasteiger partial charge in [0, 0.05) is 29.4 Å². The predicted octanol–water partition coefficient (Wildman–Crippen LogP) is 5.23. The summed E-state index contributed by atoms with van der Waals surface area (Å²) in [5.74, 6) is 1.23. The maximum atomic E-state index is 13.1. The van der Waals surface area contributed by atoms with Gasteiger partial charge in [0.1, 0.15) is 11.5 Å². The highest BCUT2D eigenvalue weighted by Crippen LogP contribution is 2.30. The van der Waals surface area contributed by atoms with Crippen LogP contribution >= 0.6 is 11.6 Å². The second-order valence-electron chi connectivity index (χ2n) is 8.23. The van der Waals surface area contributed by atoms with Crippen LogP contribution in [-0.4, -0.2) is 29.9 Å². The van der Waals surface area contributed by atoms with E-state index in [9.17, 15) is 9.59 Å². The number of rotatable bonds is 7. The lowest BCUT2D eigenvalue weighted by molar-refractivity contribution is -0.139. The molecule has 0 saturated heterocycles. The molecule has 3 aromatic carbocycles. The van der Waals surface area contributed by atoms with E-state index >= 15 is 0 Å². The first-order valence-electron chi connectivity index (χ1n) is 11.2. The molecule has 1 aliphatic heterocycles. The third kappa shape index (κ3) is 5.69. The number of anilines is 1. The molecule has 0 aliphatic carbocycles. The lowest BCUT2D eigenvalue weighted by atomic mass is 10.1. The zero-order valence-corrected chi connectivity index (χ0v) is 20.0. The van der Waals surface area contributed by atoms with E-state index in [1.807, 2.05) is 67.6 Å². The second-order valence-corrected chi connectivity index (χ2v) is 8.67. The van der Waals surface area contributed by atoms with Crippen molar-refractivity contribution in [1.29, 1.82) is 0 Å². The molecule has 176 valence electrons. The number of fused-ring (bicyclic) bond motifs is 1. The molecule has 6 nitrogen and oxygen atoms in total. The fourth-order valence-electron chi connectivity index (χ4n) is 3.92. The predicted molar refractivity (Wildman–Crippen MR) is 132 cm³/mol. The van der Waals surface area contributed by atoms with Crippen LogP contribution in [0, 0.1) is 0 Å². The summed E-state index contributed by atoms with van der Waals surface area (Å²) < 4.78 is 11.2. The number of benzene rings is 3. The van der Waals surface area contributed by atoms with Crippen molar-refractivity contribution in [1.82, 2.24) is 4.90 Å². The van der Waals surface area contributed by atoms with Gasteiger partial charge in [-0.15, -0.1) is 0 Å². The van der Waals surface area contributed by atoms with Crippen molar-refractivity contribution in [3.63, 3.8) is 0 Å². The average molecular weight is 479 g/mol. The molecule has 0 fully saturated rings. The summed E-state index contributed by atoms with van der Waals surface area (Å²) in [5, 5.41) is 3.61. The first kappa shape index (κ1) is 23.6. The maximum absolute atomic E-state index is 13.1. The van der Waals surface area contributed by atoms with Gasteiger partial charge < -0.3 is 19.7 Å². The quantitative estimate of drug-likeness (QED) is 0.505. The molecule has 0 unspecified atom stereocenters. The molecule has 7 heteroatoms. The van der Waals surface area contributed by atoms with Gasteiger partial charge in [-0.3, -0.25) is 9.59 Å². The summed E-state index contributed by atoms with van der Waals surface area (Å²) in [6, 6.07) is 20.4. The number of ether oxygens (including phenoxy) is 2. The van der Waals surface area contributed by atoms with Gasteiger partial charge in [-0.05, 0) is 60.0 Å². The highest BCUT2D eigenvalue weighted by atomic mass is 35.5. The van der Waals surface area contributed by atoms with Gasteiger partial charge in [-0.25, -0.2) is 0 Å². The van der Waals surface area contributed by atoms with Gasteiger partial charge in [-0.2, -0.15) is 0 Å². The van der Waals surface area contributed by atoms with E-state index in [0.717, 1.165) is 22.4 Å². The van der Waals surface area contributed by atoms with Crippen molar-refractivity contribution in [2.24, 2.45) is 0 Å². The van der Waals surface area contributed by atoms with Crippen molar-refractivity contribution in [2.75, 3.05) is 12.4 Å². The Morgan fingerprint density at radius 2 is 1.79 bits per heavy atom. The van der Waals surface area contributed by atoms with Gasteiger partial charge >= 0.3 is 0 Å². The molecular weight excluding hydrogens is 452 g/mol. The number of hydrogen-bond donors (Lipinski definition) is 1. The maximum Gasteiger partial charge on any atom is 0.264 e. The summed E-state index contributed by atoms with van der Waals surface area (Å²) >= 11 is 6.00. The third-order valence-electron chi connectivity index (χ3n) is 5.74. The molecule has 1 N–H and O–H groups in total. The van der Waals surface area contributed by atoms with Gasteiger partial charge in [0.15, 0.2) is 6.10 Å². The molecule has 0 spiro atoms. The van der Waals surface area contributed by atoms with Crippen LogP contribution in [0.5, 0.6) is 11.5 Å². The number of nitrogens with one attached hydrogen (secondary N) is 1. The van der Waals surface area contributed by atoms with E-state index in [0.29, 0.717) is 36.0 Å². The standard InChI is InChI=1S/C27H27ClN2O4/c1-3-24-27(32)30(16-19-4-8-21(28)9-5-19)17-20-15-22(10-13-25(20)34-24)29-26(31)14-18-6-11-23(33-2)12-7-18/h4-13,15,24H,3,14,16-17H2,1-2H3,(H,29,31)/t24-/m0/s1. The van der Waals surface area contributed by atoms with Crippen molar-refractivity contribution in [3.05, 3.63) is 88.4 Å². The molecule has 1 aliphatic rings. The lowest BCUT2D eigenvalue weighted by Crippen LogP contribution is -2.38. The van der Waals surface area contributed by atoms with Crippen molar-refractivity contribution in [2.45, 2.75) is 39.0 Å². The molecule has 0 aromatic heterocycles. The Balaban J connectivity index is 1.50. The summed E-state index contributed by atoms with van der Waals surface area (Å²) in [6.45, 7) is 2.76. The largest absolute Gasteiger partial charge is 0.497 e. The summed E-state index contributed by atoms with van der Waals surface area (Å²) in [6.07, 6.45) is 0.260. The van der Waals surface area contributed by atoms with E-state index in [-0.39, 0.29) is 18.2 Å². The molecule has 0 radical (unpaired) electrons. The monoisotopic (exact) mass is 478 g/mol. The van der Waals surface area contributed by atoms with E-state index in [1.54, 1.807) is 18.1 Å². The van der Waals surface area contributed by atoms with Gasteiger partial charge in [0.05, 0.1) is 13.5 Å². The minimum Gasteiger partial charge on any atom is -0.497 e. The fourth-order valence-corrected chi connectivity index (χ4v) is 4.05. The number of carbonyl (C=O) groups is 2. The Morgan fingerprint density at radius 3 is 2.47 bits per heavy atom. The zero-order chi connectivity index (χ0) is 24.1. The molecule has 1 atom stereocenters. The number of amides is 2. The van der Waals surface area contributed by atoms with E-state index in [1.165, 1.54) is 0 Å². The van der Waals surface area contributed by atoms with Crippen LogP contribution in [0.15, 0.2) is 66.7 Å². The van der Waals surface area contributed by atoms with Crippen LogP contribution in [0.4, 0.5) is 5.69 Å². The van der Waals surface area contributed by atoms with Crippen LogP contribution in [0.2, 0.25) is 5.02 Å². The Morgan fingerprint density at radius 1 is 1.09 bits per heavy atom. The minimum absolute atomic E-state index is 0.0567. The fraction of sp³-hybridized carbons (Fsp3) is 0.259. The number of carbonyl (C=O) groups excluding carboxylic acids is 2. The number of halogens is 1. The lowest BCUT2D eigenvalue weighted by Gasteiger charge is -2.23. The molecular formula is C27H27ClN2O4. The molecule has 0 saturated carbocycles. The number of methoxy groups -OCH3 is 1. The highest BCUT2D eigenvalue weighted by molar-refractivity contribution is 6.30. The Hall–Kier alpha value is -3.51. The molecule has 3 aromatic rings. The molecule has 0 bridgehead atoms. The van der Waals surface area contributed by atoms with Crippen LogP contribution in [-0.2, 0) is 29.1 Å². The Labute approximate surface area is 204 Å². The third-order valence-corrected chi connectivity index (χ3v) is 5.99. The molecule has 4 rings (SSSR count). The highest BCUT2D eigenvalue weighted by Gasteiger charge is 2.30. The van der Waals surface area contributed by atoms with Gasteiger partial charge in [-0.1, -0.05) is 42.8 Å². The van der Waals surface area contributed by atoms with E-state index in [4.69, 9.17) is 21.1 Å². The van der Waals surface area contributed by atoms with E-state index in [2.05, 4.69) is 5.32 Å². The summed E-state index contributed by atoms with van der Waals surface area (Å²) in [5.41, 5.74) is 3.39. The smallest absolute Gasteiger partial charge is 0.264 e. The minimum atomic E-state index is -0.552. The zero-order valence-electron chi connectivity index (χ0n) is 19.2. The SMILES string of the molecule is CC[C@@H]1Oc2ccc(NC(=O)Cc3ccc(OC)cc3)cc2CN(Cc2ccc(Cl)cc2)C1=O. The Kier molecular flexibility index (Phi) is 7.38. The summed E-state index contributed by atoms with van der Waals surface area (Å²) in [7, 11) is 1.61. The van der Waals surface area contributed by atoms with Crippen LogP contribution in [0.1, 0.15) is 30.0 Å². The second kappa shape index (κ2) is 10.6. The van der Waals surface area contributed by atoms with Gasteiger partial charge in [0.25, 0.3) is 5.91 Å². The average Bonchev–Trinajstić information content (AvgIpc) is 2.97. The topological polar surface area (TPSA) is 67.9 Å². The Bertz CT molecular complexity index is 1160. The first-order valence-corrected chi connectivity index (χ1v) is 11.6. The summed E-state index contributed by atoms with van der Waals surface area (Å²) in [4.78, 5) is 27.5. The van der Waals surface area contributed by atoms with Crippen molar-refractivity contribution in [3.8, 4) is 11.5 Å². The van der Waals surface area contributed by atoms with Crippen molar-refractivity contribution < 1.29 is 19.1 Å². The van der Waals surface area contributed by atoms with Crippen molar-refractivity contribution >= 4 is 29.1 Å². The molecule has 34 heavy (non-hydrogen) atoms. The van der Waals surface area contributed by atoms with Crippen LogP contribution in [0.3, 0.4) is 0 Å². The van der Waals surface area contributed by atoms with E-state index < -0.39 is 6.10 Å². The normalized spacial score (nSPS) is 15.2.